The van der Waals surface area contributed by atoms with Gasteiger partial charge in [-0.3, -0.25) is 4.68 Å². The first kappa shape index (κ1) is 15.1. The van der Waals surface area contributed by atoms with Gasteiger partial charge < -0.3 is 10.0 Å². The van der Waals surface area contributed by atoms with Crippen molar-refractivity contribution in [2.75, 3.05) is 13.1 Å². The maximum atomic E-state index is 11.1. The van der Waals surface area contributed by atoms with Gasteiger partial charge in [0.2, 0.25) is 0 Å². The SMILES string of the molecule is Cn1cc(-c2cccc(C3(C#N)CCN(C(=O)O)CC3)c2)cn1. The fraction of sp³-hybridized carbons (Fsp3) is 0.353. The van der Waals surface area contributed by atoms with Crippen molar-refractivity contribution < 1.29 is 9.90 Å². The molecule has 1 aromatic carbocycles. The van der Waals surface area contributed by atoms with E-state index in [4.69, 9.17) is 5.11 Å². The predicted octanol–water partition coefficient (Wildman–Crippen LogP) is 2.62. The Morgan fingerprint density at radius 1 is 1.35 bits per heavy atom. The van der Waals surface area contributed by atoms with Crippen molar-refractivity contribution in [2.24, 2.45) is 7.05 Å². The highest BCUT2D eigenvalue weighted by Gasteiger charge is 2.37. The van der Waals surface area contributed by atoms with Crippen LogP contribution in [0.2, 0.25) is 0 Å². The molecule has 3 rings (SSSR count). The van der Waals surface area contributed by atoms with E-state index in [1.165, 1.54) is 4.90 Å². The molecule has 0 aliphatic carbocycles. The number of piperidine rings is 1. The number of hydrogen-bond donors (Lipinski definition) is 1. The van der Waals surface area contributed by atoms with Crippen LogP contribution in [0, 0.1) is 11.3 Å². The van der Waals surface area contributed by atoms with Gasteiger partial charge in [-0.1, -0.05) is 18.2 Å². The monoisotopic (exact) mass is 310 g/mol. The van der Waals surface area contributed by atoms with E-state index in [2.05, 4.69) is 11.2 Å². The summed E-state index contributed by atoms with van der Waals surface area (Å²) >= 11 is 0. The Hall–Kier alpha value is -2.81. The van der Waals surface area contributed by atoms with Gasteiger partial charge in [-0.05, 0) is 30.0 Å². The number of carbonyl (C=O) groups is 1. The van der Waals surface area contributed by atoms with Gasteiger partial charge in [0.15, 0.2) is 0 Å². The minimum atomic E-state index is -0.916. The molecule has 2 heterocycles. The van der Waals surface area contributed by atoms with Crippen molar-refractivity contribution >= 4 is 6.09 Å². The Morgan fingerprint density at radius 2 is 2.09 bits per heavy atom. The molecule has 1 amide bonds. The lowest BCUT2D eigenvalue weighted by Gasteiger charge is -2.36. The highest BCUT2D eigenvalue weighted by molar-refractivity contribution is 5.66. The number of amides is 1. The van der Waals surface area contributed by atoms with E-state index in [1.807, 2.05) is 37.5 Å². The third kappa shape index (κ3) is 2.78. The zero-order valence-electron chi connectivity index (χ0n) is 12.9. The summed E-state index contributed by atoms with van der Waals surface area (Å²) in [6.07, 6.45) is 3.86. The van der Waals surface area contributed by atoms with E-state index < -0.39 is 11.5 Å². The first-order valence-electron chi connectivity index (χ1n) is 7.53. The third-order valence-electron chi connectivity index (χ3n) is 4.55. The molecule has 0 bridgehead atoms. The van der Waals surface area contributed by atoms with E-state index in [0.717, 1.165) is 16.7 Å². The van der Waals surface area contributed by atoms with E-state index in [0.29, 0.717) is 25.9 Å². The van der Waals surface area contributed by atoms with Crippen molar-refractivity contribution in [2.45, 2.75) is 18.3 Å². The summed E-state index contributed by atoms with van der Waals surface area (Å²) in [6.45, 7) is 0.778. The van der Waals surface area contributed by atoms with Crippen LogP contribution in [0.1, 0.15) is 18.4 Å². The highest BCUT2D eigenvalue weighted by atomic mass is 16.4. The maximum absolute atomic E-state index is 11.1. The summed E-state index contributed by atoms with van der Waals surface area (Å²) in [5.41, 5.74) is 2.35. The summed E-state index contributed by atoms with van der Waals surface area (Å²) in [5, 5.41) is 23.0. The second-order valence-electron chi connectivity index (χ2n) is 5.95. The molecule has 0 spiro atoms. The van der Waals surface area contributed by atoms with Crippen LogP contribution in [0.25, 0.3) is 11.1 Å². The molecule has 2 aromatic rings. The number of carboxylic acid groups (broad SMARTS) is 1. The minimum Gasteiger partial charge on any atom is -0.465 e. The van der Waals surface area contributed by atoms with Gasteiger partial charge in [0.05, 0.1) is 17.7 Å². The normalized spacial score (nSPS) is 16.8. The molecule has 1 aliphatic rings. The molecule has 23 heavy (non-hydrogen) atoms. The molecule has 1 N–H and O–H groups in total. The molecule has 118 valence electrons. The van der Waals surface area contributed by atoms with E-state index in [-0.39, 0.29) is 0 Å². The van der Waals surface area contributed by atoms with Crippen LogP contribution in [0.5, 0.6) is 0 Å². The van der Waals surface area contributed by atoms with Gasteiger partial charge in [0, 0.05) is 31.9 Å². The second kappa shape index (κ2) is 5.76. The Balaban J connectivity index is 1.91. The number of aryl methyl sites for hydroxylation is 1. The third-order valence-corrected chi connectivity index (χ3v) is 4.55. The molecular weight excluding hydrogens is 292 g/mol. The van der Waals surface area contributed by atoms with Crippen LogP contribution in [-0.2, 0) is 12.5 Å². The van der Waals surface area contributed by atoms with Crippen molar-refractivity contribution in [1.82, 2.24) is 14.7 Å². The standard InChI is InChI=1S/C17H18N4O2/c1-20-11-14(10-19-20)13-3-2-4-15(9-13)17(12-18)5-7-21(8-6-17)16(22)23/h2-4,9-11H,5-8H2,1H3,(H,22,23). The van der Waals surface area contributed by atoms with Gasteiger partial charge in [0.25, 0.3) is 0 Å². The Bertz CT molecular complexity index is 767. The summed E-state index contributed by atoms with van der Waals surface area (Å²) in [6, 6.07) is 10.4. The van der Waals surface area contributed by atoms with E-state index in [9.17, 15) is 10.1 Å². The Kier molecular flexibility index (Phi) is 3.78. The fourth-order valence-electron chi connectivity index (χ4n) is 3.11. The summed E-state index contributed by atoms with van der Waals surface area (Å²) in [4.78, 5) is 12.4. The molecular formula is C17H18N4O2. The zero-order valence-corrected chi connectivity index (χ0v) is 12.9. The van der Waals surface area contributed by atoms with E-state index >= 15 is 0 Å². The number of nitriles is 1. The van der Waals surface area contributed by atoms with Crippen molar-refractivity contribution in [3.8, 4) is 17.2 Å². The summed E-state index contributed by atoms with van der Waals surface area (Å²) in [5.74, 6) is 0. The number of hydrogen-bond acceptors (Lipinski definition) is 3. The van der Waals surface area contributed by atoms with Crippen LogP contribution in [0.4, 0.5) is 4.79 Å². The Morgan fingerprint density at radius 3 is 2.65 bits per heavy atom. The molecule has 1 fully saturated rings. The topological polar surface area (TPSA) is 82.2 Å². The van der Waals surface area contributed by atoms with Crippen LogP contribution in [0.15, 0.2) is 36.7 Å². The summed E-state index contributed by atoms with van der Waals surface area (Å²) < 4.78 is 1.74. The average molecular weight is 310 g/mol. The van der Waals surface area contributed by atoms with Gasteiger partial charge in [-0.25, -0.2) is 4.79 Å². The van der Waals surface area contributed by atoms with Crippen LogP contribution in [-0.4, -0.2) is 39.0 Å². The molecule has 1 aromatic heterocycles. The van der Waals surface area contributed by atoms with Crippen molar-refractivity contribution in [3.05, 3.63) is 42.2 Å². The molecule has 1 aliphatic heterocycles. The smallest absolute Gasteiger partial charge is 0.407 e. The number of likely N-dealkylation sites (tertiary alicyclic amines) is 1. The number of nitrogens with zero attached hydrogens (tertiary/aromatic N) is 4. The minimum absolute atomic E-state index is 0.389. The summed E-state index contributed by atoms with van der Waals surface area (Å²) in [7, 11) is 1.87. The average Bonchev–Trinajstić information content (AvgIpc) is 3.01. The molecule has 0 atom stereocenters. The van der Waals surface area contributed by atoms with Crippen LogP contribution < -0.4 is 0 Å². The first-order valence-corrected chi connectivity index (χ1v) is 7.53. The lowest BCUT2D eigenvalue weighted by Crippen LogP contribution is -2.44. The number of benzene rings is 1. The first-order chi connectivity index (χ1) is 11.0. The maximum Gasteiger partial charge on any atom is 0.407 e. The van der Waals surface area contributed by atoms with Crippen molar-refractivity contribution in [1.29, 1.82) is 5.26 Å². The second-order valence-corrected chi connectivity index (χ2v) is 5.95. The molecule has 0 radical (unpaired) electrons. The van der Waals surface area contributed by atoms with Gasteiger partial charge in [0.1, 0.15) is 0 Å². The molecule has 0 unspecified atom stereocenters. The van der Waals surface area contributed by atoms with Crippen molar-refractivity contribution in [3.63, 3.8) is 0 Å². The van der Waals surface area contributed by atoms with Gasteiger partial charge >= 0.3 is 6.09 Å². The molecule has 0 saturated carbocycles. The highest BCUT2D eigenvalue weighted by Crippen LogP contribution is 2.36. The van der Waals surface area contributed by atoms with Gasteiger partial charge in [-0.15, -0.1) is 0 Å². The van der Waals surface area contributed by atoms with E-state index in [1.54, 1.807) is 10.9 Å². The lowest BCUT2D eigenvalue weighted by molar-refractivity contribution is 0.125. The fourth-order valence-corrected chi connectivity index (χ4v) is 3.11. The number of aromatic nitrogens is 2. The van der Waals surface area contributed by atoms with Crippen LogP contribution >= 0.6 is 0 Å². The molecule has 6 heteroatoms. The molecule has 1 saturated heterocycles. The Labute approximate surface area is 134 Å². The quantitative estimate of drug-likeness (QED) is 0.924. The molecule has 6 nitrogen and oxygen atoms in total. The largest absolute Gasteiger partial charge is 0.465 e. The van der Waals surface area contributed by atoms with Gasteiger partial charge in [-0.2, -0.15) is 10.4 Å². The zero-order chi connectivity index (χ0) is 16.4. The lowest BCUT2D eigenvalue weighted by atomic mass is 9.73. The predicted molar refractivity (Wildman–Crippen MR) is 84.8 cm³/mol. The number of rotatable bonds is 2. The van der Waals surface area contributed by atoms with Crippen LogP contribution in [0.3, 0.4) is 0 Å².